The molecule has 3 heteroatoms. The molecule has 1 aromatic heterocycles. The van der Waals surface area contributed by atoms with E-state index in [-0.39, 0.29) is 5.54 Å². The zero-order valence-corrected chi connectivity index (χ0v) is 7.66. The minimum Gasteiger partial charge on any atom is -0.469 e. The second-order valence-electron chi connectivity index (χ2n) is 3.73. The Labute approximate surface area is 77.9 Å². The Kier molecular flexibility index (Phi) is 2.38. The molecule has 2 N–H and O–H groups in total. The Balaban J connectivity index is 1.99. The molecule has 1 saturated heterocycles. The number of furan rings is 1. The summed E-state index contributed by atoms with van der Waals surface area (Å²) in [6, 6.07) is 3.88. The quantitative estimate of drug-likeness (QED) is 0.748. The fraction of sp³-hybridized carbons (Fsp3) is 0.600. The maximum absolute atomic E-state index is 6.21. The average Bonchev–Trinajstić information content (AvgIpc) is 2.57. The summed E-state index contributed by atoms with van der Waals surface area (Å²) >= 11 is 0. The molecule has 72 valence electrons. The summed E-state index contributed by atoms with van der Waals surface area (Å²) in [7, 11) is 0. The molecule has 1 fully saturated rings. The van der Waals surface area contributed by atoms with Crippen LogP contribution in [0.1, 0.15) is 18.6 Å². The molecule has 3 nitrogen and oxygen atoms in total. The fourth-order valence-corrected chi connectivity index (χ4v) is 1.71. The predicted octanol–water partition coefficient (Wildman–Crippen LogP) is 1.33. The largest absolute Gasteiger partial charge is 0.469 e. The first kappa shape index (κ1) is 8.78. The SMILES string of the molecule is NC1(Cc2ccco2)CCOCC1. The van der Waals surface area contributed by atoms with E-state index in [9.17, 15) is 0 Å². The topological polar surface area (TPSA) is 48.4 Å². The monoisotopic (exact) mass is 181 g/mol. The zero-order valence-electron chi connectivity index (χ0n) is 7.66. The van der Waals surface area contributed by atoms with Crippen LogP contribution >= 0.6 is 0 Å². The summed E-state index contributed by atoms with van der Waals surface area (Å²) in [5.74, 6) is 0.976. The highest BCUT2D eigenvalue weighted by molar-refractivity contribution is 5.05. The molecule has 1 aliphatic rings. The summed E-state index contributed by atoms with van der Waals surface area (Å²) < 4.78 is 10.6. The van der Waals surface area contributed by atoms with Crippen LogP contribution < -0.4 is 5.73 Å². The molecular weight excluding hydrogens is 166 g/mol. The van der Waals surface area contributed by atoms with E-state index >= 15 is 0 Å². The van der Waals surface area contributed by atoms with Crippen molar-refractivity contribution < 1.29 is 9.15 Å². The molecule has 0 bridgehead atoms. The summed E-state index contributed by atoms with van der Waals surface area (Å²) in [6.45, 7) is 1.55. The van der Waals surface area contributed by atoms with E-state index in [0.29, 0.717) is 0 Å². The number of hydrogen-bond donors (Lipinski definition) is 1. The van der Waals surface area contributed by atoms with Gasteiger partial charge >= 0.3 is 0 Å². The minimum absolute atomic E-state index is 0.115. The molecular formula is C10H15NO2. The van der Waals surface area contributed by atoms with E-state index in [1.807, 2.05) is 12.1 Å². The minimum atomic E-state index is -0.115. The first-order valence-corrected chi connectivity index (χ1v) is 4.68. The van der Waals surface area contributed by atoms with Crippen LogP contribution in [0, 0.1) is 0 Å². The van der Waals surface area contributed by atoms with Gasteiger partial charge in [0.1, 0.15) is 5.76 Å². The fourth-order valence-electron chi connectivity index (χ4n) is 1.71. The van der Waals surface area contributed by atoms with E-state index in [1.54, 1.807) is 6.26 Å². The van der Waals surface area contributed by atoms with Crippen molar-refractivity contribution in [2.75, 3.05) is 13.2 Å². The van der Waals surface area contributed by atoms with Gasteiger partial charge in [-0.3, -0.25) is 0 Å². The lowest BCUT2D eigenvalue weighted by molar-refractivity contribution is 0.0516. The van der Waals surface area contributed by atoms with Crippen molar-refractivity contribution in [3.05, 3.63) is 24.2 Å². The molecule has 0 amide bonds. The van der Waals surface area contributed by atoms with Gasteiger partial charge in [-0.1, -0.05) is 0 Å². The molecule has 13 heavy (non-hydrogen) atoms. The van der Waals surface area contributed by atoms with Gasteiger partial charge in [-0.25, -0.2) is 0 Å². The van der Waals surface area contributed by atoms with Gasteiger partial charge in [0.15, 0.2) is 0 Å². The Hall–Kier alpha value is -0.800. The van der Waals surface area contributed by atoms with Crippen LogP contribution in [-0.2, 0) is 11.2 Å². The Morgan fingerprint density at radius 2 is 2.15 bits per heavy atom. The van der Waals surface area contributed by atoms with Crippen molar-refractivity contribution in [3.63, 3.8) is 0 Å². The highest BCUT2D eigenvalue weighted by Gasteiger charge is 2.28. The Morgan fingerprint density at radius 1 is 1.38 bits per heavy atom. The van der Waals surface area contributed by atoms with Crippen LogP contribution in [0.15, 0.2) is 22.8 Å². The third kappa shape index (κ3) is 2.11. The summed E-state index contributed by atoms with van der Waals surface area (Å²) in [5.41, 5.74) is 6.10. The second-order valence-corrected chi connectivity index (χ2v) is 3.73. The van der Waals surface area contributed by atoms with Crippen molar-refractivity contribution >= 4 is 0 Å². The van der Waals surface area contributed by atoms with Crippen molar-refractivity contribution in [1.29, 1.82) is 0 Å². The Bertz CT molecular complexity index is 250. The normalized spacial score (nSPS) is 21.6. The van der Waals surface area contributed by atoms with Crippen molar-refractivity contribution in [1.82, 2.24) is 0 Å². The molecule has 1 aromatic rings. The lowest BCUT2D eigenvalue weighted by Crippen LogP contribution is -2.46. The van der Waals surface area contributed by atoms with Crippen LogP contribution in [0.25, 0.3) is 0 Å². The molecule has 0 aliphatic carbocycles. The van der Waals surface area contributed by atoms with Crippen molar-refractivity contribution in [2.45, 2.75) is 24.8 Å². The van der Waals surface area contributed by atoms with Gasteiger partial charge in [0.25, 0.3) is 0 Å². The second kappa shape index (κ2) is 3.52. The molecule has 2 rings (SSSR count). The molecule has 0 unspecified atom stereocenters. The van der Waals surface area contributed by atoms with Crippen molar-refractivity contribution in [2.24, 2.45) is 5.73 Å². The number of rotatable bonds is 2. The Morgan fingerprint density at radius 3 is 2.77 bits per heavy atom. The lowest BCUT2D eigenvalue weighted by Gasteiger charge is -2.32. The highest BCUT2D eigenvalue weighted by atomic mass is 16.5. The van der Waals surface area contributed by atoms with Crippen molar-refractivity contribution in [3.8, 4) is 0 Å². The highest BCUT2D eigenvalue weighted by Crippen LogP contribution is 2.22. The van der Waals surface area contributed by atoms with E-state index in [2.05, 4.69) is 0 Å². The maximum atomic E-state index is 6.21. The maximum Gasteiger partial charge on any atom is 0.105 e. The molecule has 0 saturated carbocycles. The van der Waals surface area contributed by atoms with Crippen LogP contribution in [0.3, 0.4) is 0 Å². The average molecular weight is 181 g/mol. The summed E-state index contributed by atoms with van der Waals surface area (Å²) in [6.07, 6.45) is 4.36. The molecule has 0 aromatic carbocycles. The van der Waals surface area contributed by atoms with Gasteiger partial charge in [0.05, 0.1) is 6.26 Å². The summed E-state index contributed by atoms with van der Waals surface area (Å²) in [4.78, 5) is 0. The first-order valence-electron chi connectivity index (χ1n) is 4.68. The summed E-state index contributed by atoms with van der Waals surface area (Å²) in [5, 5.41) is 0. The smallest absolute Gasteiger partial charge is 0.105 e. The molecule has 0 atom stereocenters. The van der Waals surface area contributed by atoms with Crippen LogP contribution in [-0.4, -0.2) is 18.8 Å². The third-order valence-electron chi connectivity index (χ3n) is 2.59. The van der Waals surface area contributed by atoms with Gasteiger partial charge in [-0.15, -0.1) is 0 Å². The van der Waals surface area contributed by atoms with E-state index < -0.39 is 0 Å². The zero-order chi connectivity index (χ0) is 9.15. The van der Waals surface area contributed by atoms with E-state index in [4.69, 9.17) is 14.9 Å². The standard InChI is InChI=1S/C10H15NO2/c11-10(3-6-12-7-4-10)8-9-2-1-5-13-9/h1-2,5H,3-4,6-8,11H2. The van der Waals surface area contributed by atoms with Gasteiger partial charge in [-0.05, 0) is 25.0 Å². The first-order chi connectivity index (χ1) is 6.29. The van der Waals surface area contributed by atoms with Gasteiger partial charge in [0.2, 0.25) is 0 Å². The molecule has 0 radical (unpaired) electrons. The molecule has 1 aliphatic heterocycles. The van der Waals surface area contributed by atoms with Gasteiger partial charge < -0.3 is 14.9 Å². The van der Waals surface area contributed by atoms with E-state index in [0.717, 1.165) is 38.2 Å². The van der Waals surface area contributed by atoms with Crippen LogP contribution in [0.2, 0.25) is 0 Å². The number of hydrogen-bond acceptors (Lipinski definition) is 3. The lowest BCUT2D eigenvalue weighted by atomic mass is 9.87. The third-order valence-corrected chi connectivity index (χ3v) is 2.59. The van der Waals surface area contributed by atoms with Crippen LogP contribution in [0.4, 0.5) is 0 Å². The molecule has 0 spiro atoms. The van der Waals surface area contributed by atoms with Gasteiger partial charge in [0, 0.05) is 25.2 Å². The predicted molar refractivity (Wildman–Crippen MR) is 49.4 cm³/mol. The number of ether oxygens (including phenoxy) is 1. The molecule has 2 heterocycles. The number of nitrogens with two attached hydrogens (primary N) is 1. The van der Waals surface area contributed by atoms with Gasteiger partial charge in [-0.2, -0.15) is 0 Å². The van der Waals surface area contributed by atoms with Crippen LogP contribution in [0.5, 0.6) is 0 Å². The van der Waals surface area contributed by atoms with E-state index in [1.165, 1.54) is 0 Å².